The van der Waals surface area contributed by atoms with Gasteiger partial charge in [-0.1, -0.05) is 45.0 Å². The van der Waals surface area contributed by atoms with E-state index in [9.17, 15) is 14.7 Å². The number of amides is 1. The zero-order valence-corrected chi connectivity index (χ0v) is 23.0. The van der Waals surface area contributed by atoms with E-state index in [1.54, 1.807) is 23.1 Å². The molecule has 2 aromatic carbocycles. The number of ketones is 1. The molecule has 0 radical (unpaired) electrons. The minimum absolute atomic E-state index is 0.0435. The lowest BCUT2D eigenvalue weighted by Crippen LogP contribution is -2.39. The molecule has 38 heavy (non-hydrogen) atoms. The Morgan fingerprint density at radius 3 is 2.24 bits per heavy atom. The summed E-state index contributed by atoms with van der Waals surface area (Å²) in [7, 11) is 3.03. The normalized spacial score (nSPS) is 20.1. The Balaban J connectivity index is 1.72. The fraction of sp³-hybridized carbons (Fsp3) is 0.467. The minimum atomic E-state index is -0.693. The summed E-state index contributed by atoms with van der Waals surface area (Å²) < 4.78 is 16.1. The number of ether oxygens (including phenoxy) is 3. The summed E-state index contributed by atoms with van der Waals surface area (Å²) in [5.74, 6) is -0.596. The summed E-state index contributed by atoms with van der Waals surface area (Å²) in [5, 5.41) is 11.4. The Bertz CT molecular complexity index is 1190. The number of methoxy groups -OCH3 is 2. The Kier molecular flexibility index (Phi) is 8.43. The van der Waals surface area contributed by atoms with Crippen LogP contribution in [0.25, 0.3) is 5.76 Å². The maximum absolute atomic E-state index is 13.4. The van der Waals surface area contributed by atoms with Crippen molar-refractivity contribution in [1.29, 1.82) is 0 Å². The molecule has 2 aromatic rings. The number of carbonyl (C=O) groups is 2. The van der Waals surface area contributed by atoms with E-state index in [1.807, 2.05) is 24.3 Å². The van der Waals surface area contributed by atoms with Gasteiger partial charge in [0, 0.05) is 31.7 Å². The summed E-state index contributed by atoms with van der Waals surface area (Å²) in [6.07, 6.45) is 0.708. The van der Waals surface area contributed by atoms with E-state index in [2.05, 4.69) is 25.7 Å². The van der Waals surface area contributed by atoms with Crippen LogP contribution < -0.4 is 9.47 Å². The van der Waals surface area contributed by atoms with E-state index in [0.29, 0.717) is 43.2 Å². The van der Waals surface area contributed by atoms with Crippen molar-refractivity contribution in [3.63, 3.8) is 0 Å². The van der Waals surface area contributed by atoms with Gasteiger partial charge in [-0.25, -0.2) is 0 Å². The van der Waals surface area contributed by atoms with Gasteiger partial charge in [-0.15, -0.1) is 0 Å². The van der Waals surface area contributed by atoms with E-state index in [-0.39, 0.29) is 16.7 Å². The first-order chi connectivity index (χ1) is 18.2. The van der Waals surface area contributed by atoms with Gasteiger partial charge in [-0.2, -0.15) is 0 Å². The lowest BCUT2D eigenvalue weighted by atomic mass is 9.85. The smallest absolute Gasteiger partial charge is 0.295 e. The van der Waals surface area contributed by atoms with Gasteiger partial charge in [-0.3, -0.25) is 14.5 Å². The lowest BCUT2D eigenvalue weighted by Gasteiger charge is -2.29. The summed E-state index contributed by atoms with van der Waals surface area (Å²) in [6, 6.07) is 12.2. The van der Waals surface area contributed by atoms with Crippen molar-refractivity contribution in [2.75, 3.05) is 53.6 Å². The Morgan fingerprint density at radius 1 is 0.974 bits per heavy atom. The fourth-order valence-electron chi connectivity index (χ4n) is 5.05. The molecular formula is C30H38N2O6. The van der Waals surface area contributed by atoms with Crippen LogP contribution in [0, 0.1) is 0 Å². The van der Waals surface area contributed by atoms with Gasteiger partial charge in [0.25, 0.3) is 11.7 Å². The number of aliphatic hydroxyl groups is 1. The third-order valence-electron chi connectivity index (χ3n) is 7.27. The van der Waals surface area contributed by atoms with Crippen LogP contribution in [0.15, 0.2) is 48.0 Å². The average Bonchev–Trinajstić information content (AvgIpc) is 3.17. The number of nitrogens with zero attached hydrogens (tertiary/aromatic N) is 2. The maximum atomic E-state index is 13.4. The monoisotopic (exact) mass is 522 g/mol. The molecule has 1 atom stereocenters. The average molecular weight is 523 g/mol. The second kappa shape index (κ2) is 11.6. The fourth-order valence-corrected chi connectivity index (χ4v) is 5.05. The number of rotatable bonds is 8. The van der Waals surface area contributed by atoms with Crippen molar-refractivity contribution in [2.45, 2.75) is 38.6 Å². The van der Waals surface area contributed by atoms with E-state index in [4.69, 9.17) is 14.2 Å². The minimum Gasteiger partial charge on any atom is -0.507 e. The van der Waals surface area contributed by atoms with Gasteiger partial charge in [0.2, 0.25) is 0 Å². The van der Waals surface area contributed by atoms with Crippen LogP contribution in [0.4, 0.5) is 0 Å². The van der Waals surface area contributed by atoms with Crippen LogP contribution in [0.5, 0.6) is 11.5 Å². The van der Waals surface area contributed by atoms with E-state index < -0.39 is 17.7 Å². The van der Waals surface area contributed by atoms with Crippen LogP contribution in [-0.4, -0.2) is 80.2 Å². The van der Waals surface area contributed by atoms with Crippen molar-refractivity contribution in [1.82, 2.24) is 9.80 Å². The number of Topliss-reactive ketones (excluding diaryl/α,β-unsaturated/α-hetero) is 1. The van der Waals surface area contributed by atoms with Crippen molar-refractivity contribution in [2.24, 2.45) is 0 Å². The van der Waals surface area contributed by atoms with Crippen LogP contribution in [0.1, 0.15) is 49.9 Å². The van der Waals surface area contributed by atoms with Gasteiger partial charge >= 0.3 is 0 Å². The molecule has 0 spiro atoms. The quantitative estimate of drug-likeness (QED) is 0.317. The summed E-state index contributed by atoms with van der Waals surface area (Å²) in [6.45, 7) is 10.7. The molecule has 204 valence electrons. The van der Waals surface area contributed by atoms with Gasteiger partial charge < -0.3 is 24.2 Å². The van der Waals surface area contributed by atoms with Crippen molar-refractivity contribution < 1.29 is 28.9 Å². The summed E-state index contributed by atoms with van der Waals surface area (Å²) in [4.78, 5) is 30.6. The van der Waals surface area contributed by atoms with E-state index >= 15 is 0 Å². The standard InChI is InChI=1S/C30H38N2O6/c1-30(2,3)22-10-7-20(8-11-22)26-25(27(33)21-9-12-23(36-4)24(19-21)37-5)28(34)29(35)32(26)14-6-13-31-15-17-38-18-16-31/h7-12,19,26,33H,6,13-18H2,1-5H3/t26-/m1/s1. The Morgan fingerprint density at radius 2 is 1.63 bits per heavy atom. The number of carbonyl (C=O) groups excluding carboxylic acids is 2. The molecule has 2 heterocycles. The Hall–Kier alpha value is -3.36. The molecule has 0 aromatic heterocycles. The molecule has 8 nitrogen and oxygen atoms in total. The highest BCUT2D eigenvalue weighted by Crippen LogP contribution is 2.41. The van der Waals surface area contributed by atoms with E-state index in [0.717, 1.165) is 30.8 Å². The van der Waals surface area contributed by atoms with Crippen molar-refractivity contribution in [3.8, 4) is 11.5 Å². The van der Waals surface area contributed by atoms with E-state index in [1.165, 1.54) is 14.2 Å². The van der Waals surface area contributed by atoms with Gasteiger partial charge in [0.15, 0.2) is 11.5 Å². The number of aliphatic hydroxyl groups excluding tert-OH is 1. The summed E-state index contributed by atoms with van der Waals surface area (Å²) in [5.41, 5.74) is 2.34. The molecule has 2 aliphatic heterocycles. The highest BCUT2D eigenvalue weighted by atomic mass is 16.5. The highest BCUT2D eigenvalue weighted by molar-refractivity contribution is 6.46. The Labute approximate surface area is 224 Å². The molecule has 4 rings (SSSR count). The van der Waals surface area contributed by atoms with Gasteiger partial charge in [-0.05, 0) is 41.2 Å². The first-order valence-corrected chi connectivity index (χ1v) is 13.1. The zero-order valence-electron chi connectivity index (χ0n) is 23.0. The third kappa shape index (κ3) is 5.71. The molecule has 0 unspecified atom stereocenters. The molecule has 0 bridgehead atoms. The van der Waals surface area contributed by atoms with Crippen molar-refractivity contribution in [3.05, 3.63) is 64.7 Å². The van der Waals surface area contributed by atoms with Crippen LogP contribution in [0.2, 0.25) is 0 Å². The topological polar surface area (TPSA) is 88.5 Å². The van der Waals surface area contributed by atoms with Crippen LogP contribution in [0.3, 0.4) is 0 Å². The molecule has 0 saturated carbocycles. The van der Waals surface area contributed by atoms with Crippen molar-refractivity contribution >= 4 is 17.4 Å². The molecule has 1 N–H and O–H groups in total. The highest BCUT2D eigenvalue weighted by Gasteiger charge is 2.46. The number of hydrogen-bond acceptors (Lipinski definition) is 7. The predicted octanol–water partition coefficient (Wildman–Crippen LogP) is 4.15. The number of benzene rings is 2. The van der Waals surface area contributed by atoms with Gasteiger partial charge in [0.1, 0.15) is 5.76 Å². The first-order valence-electron chi connectivity index (χ1n) is 13.1. The first kappa shape index (κ1) is 27.7. The second-order valence-electron chi connectivity index (χ2n) is 10.7. The second-order valence-corrected chi connectivity index (χ2v) is 10.7. The molecule has 8 heteroatoms. The maximum Gasteiger partial charge on any atom is 0.295 e. The lowest BCUT2D eigenvalue weighted by molar-refractivity contribution is -0.140. The largest absolute Gasteiger partial charge is 0.507 e. The zero-order chi connectivity index (χ0) is 27.4. The molecule has 2 fully saturated rings. The molecular weight excluding hydrogens is 484 g/mol. The number of likely N-dealkylation sites (tertiary alicyclic amines) is 1. The predicted molar refractivity (Wildman–Crippen MR) is 146 cm³/mol. The molecule has 2 aliphatic rings. The summed E-state index contributed by atoms with van der Waals surface area (Å²) >= 11 is 0. The number of morpholine rings is 1. The molecule has 0 aliphatic carbocycles. The third-order valence-corrected chi connectivity index (χ3v) is 7.27. The van der Waals surface area contributed by atoms with Gasteiger partial charge in [0.05, 0.1) is 39.0 Å². The molecule has 2 saturated heterocycles. The van der Waals surface area contributed by atoms with Crippen LogP contribution >= 0.6 is 0 Å². The molecule has 1 amide bonds. The van der Waals surface area contributed by atoms with Crippen LogP contribution in [-0.2, 0) is 19.7 Å². The number of hydrogen-bond donors (Lipinski definition) is 1. The SMILES string of the molecule is COc1ccc(C(O)=C2C(=O)C(=O)N(CCCN3CCOCC3)[C@@H]2c2ccc(C(C)(C)C)cc2)cc1OC.